The van der Waals surface area contributed by atoms with Crippen molar-refractivity contribution in [3.63, 3.8) is 0 Å². The van der Waals surface area contributed by atoms with E-state index >= 15 is 0 Å². The van der Waals surface area contributed by atoms with Crippen LogP contribution in [0.15, 0.2) is 24.3 Å². The van der Waals surface area contributed by atoms with E-state index in [-0.39, 0.29) is 5.56 Å². The Labute approximate surface area is 160 Å². The Kier molecular flexibility index (Phi) is 5.22. The van der Waals surface area contributed by atoms with Crippen molar-refractivity contribution in [1.29, 1.82) is 0 Å². The average Bonchev–Trinajstić information content (AvgIpc) is 3.29. The highest BCUT2D eigenvalue weighted by Crippen LogP contribution is 2.62. The van der Waals surface area contributed by atoms with Gasteiger partial charge in [0.05, 0.1) is 12.2 Å². The fraction of sp³-hybridized carbons (Fsp3) is 0.316. The van der Waals surface area contributed by atoms with Gasteiger partial charge in [0, 0.05) is 6.42 Å². The standard InChI is InChI=1S/C19H13F7O3/c1-2-28-10-5-3-9(4-6-10)18(8-19(18,25)26)17(27)29-7-11-12(20)14(22)16(24)15(23)13(11)21/h3-6H,2,7-8H2,1H3. The maximum absolute atomic E-state index is 14.1. The number of carbonyl (C=O) groups is 1. The molecule has 10 heteroatoms. The van der Waals surface area contributed by atoms with E-state index in [0.717, 1.165) is 0 Å². The van der Waals surface area contributed by atoms with Gasteiger partial charge in [-0.15, -0.1) is 0 Å². The molecule has 0 aromatic heterocycles. The fourth-order valence-electron chi connectivity index (χ4n) is 2.98. The molecule has 1 unspecified atom stereocenters. The molecular formula is C19H13F7O3. The van der Waals surface area contributed by atoms with Gasteiger partial charge in [0.1, 0.15) is 12.4 Å². The smallest absolute Gasteiger partial charge is 0.323 e. The van der Waals surface area contributed by atoms with E-state index in [1.165, 1.54) is 24.3 Å². The molecule has 0 spiro atoms. The minimum atomic E-state index is -3.51. The number of hydrogen-bond acceptors (Lipinski definition) is 3. The fourth-order valence-corrected chi connectivity index (χ4v) is 2.98. The van der Waals surface area contributed by atoms with Crippen molar-refractivity contribution in [2.24, 2.45) is 0 Å². The van der Waals surface area contributed by atoms with Gasteiger partial charge < -0.3 is 9.47 Å². The molecule has 0 amide bonds. The van der Waals surface area contributed by atoms with Crippen LogP contribution >= 0.6 is 0 Å². The molecule has 0 bridgehead atoms. The van der Waals surface area contributed by atoms with Gasteiger partial charge >= 0.3 is 5.97 Å². The number of hydrogen-bond donors (Lipinski definition) is 0. The lowest BCUT2D eigenvalue weighted by Gasteiger charge is -2.17. The van der Waals surface area contributed by atoms with Crippen LogP contribution in [0.1, 0.15) is 24.5 Å². The molecule has 1 atom stereocenters. The van der Waals surface area contributed by atoms with Crippen molar-refractivity contribution in [1.82, 2.24) is 0 Å². The van der Waals surface area contributed by atoms with E-state index < -0.39 is 65.0 Å². The van der Waals surface area contributed by atoms with Gasteiger partial charge in [-0.1, -0.05) is 12.1 Å². The summed E-state index contributed by atoms with van der Waals surface area (Å²) in [4.78, 5) is 12.3. The van der Waals surface area contributed by atoms with E-state index in [2.05, 4.69) is 4.74 Å². The van der Waals surface area contributed by atoms with Crippen LogP contribution in [-0.4, -0.2) is 18.5 Å². The van der Waals surface area contributed by atoms with Crippen molar-refractivity contribution in [2.45, 2.75) is 31.3 Å². The second-order valence-electron chi connectivity index (χ2n) is 6.37. The van der Waals surface area contributed by atoms with Crippen molar-refractivity contribution >= 4 is 5.97 Å². The molecule has 2 aromatic rings. The summed E-state index contributed by atoms with van der Waals surface area (Å²) in [5, 5.41) is 0. The number of alkyl halides is 2. The molecule has 3 nitrogen and oxygen atoms in total. The van der Waals surface area contributed by atoms with Gasteiger partial charge in [-0.2, -0.15) is 0 Å². The number of benzene rings is 2. The van der Waals surface area contributed by atoms with Crippen molar-refractivity contribution in [3.8, 4) is 5.75 Å². The van der Waals surface area contributed by atoms with Gasteiger partial charge in [-0.25, -0.2) is 30.7 Å². The number of halogens is 7. The van der Waals surface area contributed by atoms with Crippen LogP contribution < -0.4 is 4.74 Å². The monoisotopic (exact) mass is 422 g/mol. The zero-order chi connectivity index (χ0) is 21.6. The van der Waals surface area contributed by atoms with E-state index in [4.69, 9.17) is 4.74 Å². The summed E-state index contributed by atoms with van der Waals surface area (Å²) < 4.78 is 105. The van der Waals surface area contributed by atoms with Crippen molar-refractivity contribution in [2.75, 3.05) is 6.61 Å². The van der Waals surface area contributed by atoms with Crippen LogP contribution in [0.25, 0.3) is 0 Å². The highest BCUT2D eigenvalue weighted by atomic mass is 19.3. The molecule has 0 aliphatic heterocycles. The Bertz CT molecular complexity index is 930. The van der Waals surface area contributed by atoms with E-state index in [9.17, 15) is 35.5 Å². The van der Waals surface area contributed by atoms with E-state index in [1.54, 1.807) is 6.92 Å². The molecule has 156 valence electrons. The Hall–Kier alpha value is -2.78. The van der Waals surface area contributed by atoms with Gasteiger partial charge in [0.25, 0.3) is 5.92 Å². The summed E-state index contributed by atoms with van der Waals surface area (Å²) in [6, 6.07) is 5.13. The van der Waals surface area contributed by atoms with Crippen LogP contribution in [0, 0.1) is 29.1 Å². The molecule has 1 aliphatic rings. The van der Waals surface area contributed by atoms with Gasteiger partial charge in [0.2, 0.25) is 5.82 Å². The molecule has 1 saturated carbocycles. The summed E-state index contributed by atoms with van der Waals surface area (Å²) >= 11 is 0. The van der Waals surface area contributed by atoms with Gasteiger partial charge in [-0.3, -0.25) is 4.79 Å². The first kappa shape index (κ1) is 20.9. The summed E-state index contributed by atoms with van der Waals surface area (Å²) in [5.74, 6) is -15.9. The lowest BCUT2D eigenvalue weighted by molar-refractivity contribution is -0.151. The van der Waals surface area contributed by atoms with Gasteiger partial charge in [-0.05, 0) is 24.6 Å². The Morgan fingerprint density at radius 1 is 0.931 bits per heavy atom. The number of esters is 1. The molecule has 2 aromatic carbocycles. The quantitative estimate of drug-likeness (QED) is 0.290. The minimum absolute atomic E-state index is 0.131. The average molecular weight is 422 g/mol. The molecule has 0 saturated heterocycles. The van der Waals surface area contributed by atoms with Gasteiger partial charge in [0.15, 0.2) is 28.7 Å². The Morgan fingerprint density at radius 2 is 1.41 bits per heavy atom. The van der Waals surface area contributed by atoms with E-state index in [0.29, 0.717) is 12.4 Å². The Morgan fingerprint density at radius 3 is 1.86 bits per heavy atom. The largest absolute Gasteiger partial charge is 0.494 e. The topological polar surface area (TPSA) is 35.5 Å². The maximum Gasteiger partial charge on any atom is 0.323 e. The third kappa shape index (κ3) is 3.30. The van der Waals surface area contributed by atoms with Crippen LogP contribution in [0.2, 0.25) is 0 Å². The summed E-state index contributed by atoms with van der Waals surface area (Å²) in [7, 11) is 0. The second kappa shape index (κ2) is 7.23. The molecule has 0 radical (unpaired) electrons. The van der Waals surface area contributed by atoms with Crippen LogP contribution in [-0.2, 0) is 21.6 Å². The number of rotatable bonds is 6. The van der Waals surface area contributed by atoms with Crippen LogP contribution in [0.3, 0.4) is 0 Å². The predicted octanol–water partition coefficient (Wildman–Crippen LogP) is 4.80. The third-order valence-corrected chi connectivity index (χ3v) is 4.64. The lowest BCUT2D eigenvalue weighted by Crippen LogP contribution is -2.30. The van der Waals surface area contributed by atoms with Crippen LogP contribution in [0.4, 0.5) is 30.7 Å². The SMILES string of the molecule is CCOc1ccc(C2(C(=O)OCc3c(F)c(F)c(F)c(F)c3F)CC2(F)F)cc1. The molecule has 0 N–H and O–H groups in total. The zero-order valence-corrected chi connectivity index (χ0v) is 14.8. The maximum atomic E-state index is 14.1. The van der Waals surface area contributed by atoms with Crippen LogP contribution in [0.5, 0.6) is 5.75 Å². The first-order valence-electron chi connectivity index (χ1n) is 8.35. The first-order valence-corrected chi connectivity index (χ1v) is 8.35. The molecule has 29 heavy (non-hydrogen) atoms. The minimum Gasteiger partial charge on any atom is -0.494 e. The highest BCUT2D eigenvalue weighted by Gasteiger charge is 2.77. The van der Waals surface area contributed by atoms with Crippen molar-refractivity contribution in [3.05, 3.63) is 64.5 Å². The summed E-state index contributed by atoms with van der Waals surface area (Å²) in [6.45, 7) is 0.630. The second-order valence-corrected chi connectivity index (χ2v) is 6.37. The molecule has 1 aliphatic carbocycles. The third-order valence-electron chi connectivity index (χ3n) is 4.64. The van der Waals surface area contributed by atoms with Crippen molar-refractivity contribution < 1.29 is 45.0 Å². The zero-order valence-electron chi connectivity index (χ0n) is 14.8. The molecule has 0 heterocycles. The molecule has 1 fully saturated rings. The number of ether oxygens (including phenoxy) is 2. The summed E-state index contributed by atoms with van der Waals surface area (Å²) in [6.07, 6.45) is -0.927. The first-order chi connectivity index (χ1) is 13.6. The molecular weight excluding hydrogens is 409 g/mol. The normalized spacial score (nSPS) is 19.7. The predicted molar refractivity (Wildman–Crippen MR) is 84.9 cm³/mol. The summed E-state index contributed by atoms with van der Waals surface area (Å²) in [5.41, 5.74) is -3.98. The molecule has 3 rings (SSSR count). The van der Waals surface area contributed by atoms with E-state index in [1.807, 2.05) is 0 Å². The Balaban J connectivity index is 1.86. The lowest BCUT2D eigenvalue weighted by atomic mass is 9.95. The highest BCUT2D eigenvalue weighted by molar-refractivity contribution is 5.89. The number of carbonyl (C=O) groups excluding carboxylic acids is 1.